The van der Waals surface area contributed by atoms with Crippen molar-refractivity contribution < 1.29 is 14.0 Å². The van der Waals surface area contributed by atoms with Crippen LogP contribution in [0.25, 0.3) is 0 Å². The van der Waals surface area contributed by atoms with Crippen molar-refractivity contribution in [2.75, 3.05) is 13.1 Å². The van der Waals surface area contributed by atoms with Gasteiger partial charge in [0.15, 0.2) is 0 Å². The molecule has 0 bridgehead atoms. The highest BCUT2D eigenvalue weighted by Gasteiger charge is 2.50. The van der Waals surface area contributed by atoms with Crippen LogP contribution in [0.3, 0.4) is 0 Å². The van der Waals surface area contributed by atoms with Crippen LogP contribution in [0.15, 0.2) is 18.2 Å². The van der Waals surface area contributed by atoms with Crippen LogP contribution in [-0.2, 0) is 15.0 Å². The first kappa shape index (κ1) is 23.3. The van der Waals surface area contributed by atoms with Crippen LogP contribution in [0.2, 0.25) is 0 Å². The molecule has 5 heteroatoms. The van der Waals surface area contributed by atoms with Gasteiger partial charge in [0, 0.05) is 31.0 Å². The molecule has 4 rings (SSSR count). The van der Waals surface area contributed by atoms with Gasteiger partial charge in [0.05, 0.1) is 0 Å². The second kappa shape index (κ2) is 8.14. The monoisotopic (exact) mass is 442 g/mol. The molecule has 0 aromatic heterocycles. The van der Waals surface area contributed by atoms with E-state index in [-0.39, 0.29) is 39.9 Å². The highest BCUT2D eigenvalue weighted by molar-refractivity contribution is 5.82. The van der Waals surface area contributed by atoms with Crippen molar-refractivity contribution in [3.8, 4) is 0 Å². The number of nitrogens with zero attached hydrogens (tertiary/aromatic N) is 1. The molecule has 2 amide bonds. The second-order valence-corrected chi connectivity index (χ2v) is 12.0. The fraction of sp³-hybridized carbons (Fsp3) is 0.704. The van der Waals surface area contributed by atoms with E-state index in [0.29, 0.717) is 12.3 Å². The highest BCUT2D eigenvalue weighted by Crippen LogP contribution is 2.57. The summed E-state index contributed by atoms with van der Waals surface area (Å²) in [4.78, 5) is 26.7. The number of nitrogens with one attached hydrogen (secondary N) is 1. The zero-order valence-electron chi connectivity index (χ0n) is 20.4. The predicted molar refractivity (Wildman–Crippen MR) is 125 cm³/mol. The fourth-order valence-corrected chi connectivity index (χ4v) is 6.13. The third kappa shape index (κ3) is 4.45. The van der Waals surface area contributed by atoms with Gasteiger partial charge in [-0.1, -0.05) is 39.8 Å². The minimum Gasteiger partial charge on any atom is -0.351 e. The summed E-state index contributed by atoms with van der Waals surface area (Å²) in [5.41, 5.74) is 2.14. The topological polar surface area (TPSA) is 49.4 Å². The third-order valence-corrected chi connectivity index (χ3v) is 8.30. The van der Waals surface area contributed by atoms with Crippen molar-refractivity contribution in [2.45, 2.75) is 96.4 Å². The number of hydrogen-bond acceptors (Lipinski definition) is 2. The second-order valence-electron chi connectivity index (χ2n) is 12.0. The lowest BCUT2D eigenvalue weighted by molar-refractivity contribution is -0.146. The van der Waals surface area contributed by atoms with Gasteiger partial charge in [-0.2, -0.15) is 0 Å². The Kier molecular flexibility index (Phi) is 5.92. The molecule has 2 aliphatic carbocycles. The highest BCUT2D eigenvalue weighted by atomic mass is 19.1. The Balaban J connectivity index is 1.29. The van der Waals surface area contributed by atoms with Crippen molar-refractivity contribution in [3.63, 3.8) is 0 Å². The molecule has 32 heavy (non-hydrogen) atoms. The smallest absolute Gasteiger partial charge is 0.225 e. The van der Waals surface area contributed by atoms with Crippen molar-refractivity contribution in [2.24, 2.45) is 11.3 Å². The Labute approximate surface area is 192 Å². The minimum absolute atomic E-state index is 0.0204. The molecule has 3 fully saturated rings. The third-order valence-electron chi connectivity index (χ3n) is 8.30. The van der Waals surface area contributed by atoms with E-state index in [9.17, 15) is 14.0 Å². The quantitative estimate of drug-likeness (QED) is 0.687. The first-order valence-corrected chi connectivity index (χ1v) is 12.3. The van der Waals surface area contributed by atoms with Gasteiger partial charge >= 0.3 is 0 Å². The molecule has 1 N–H and O–H groups in total. The lowest BCUT2D eigenvalue weighted by atomic mass is 9.55. The van der Waals surface area contributed by atoms with E-state index in [1.165, 1.54) is 5.56 Å². The Hall–Kier alpha value is -1.91. The Morgan fingerprint density at radius 3 is 2.31 bits per heavy atom. The lowest BCUT2D eigenvalue weighted by Gasteiger charge is -2.54. The van der Waals surface area contributed by atoms with Crippen LogP contribution in [0.1, 0.15) is 96.6 Å². The molecule has 1 aromatic rings. The molecule has 1 aliphatic heterocycles. The summed E-state index contributed by atoms with van der Waals surface area (Å²) in [6, 6.07) is 5.63. The summed E-state index contributed by atoms with van der Waals surface area (Å²) in [7, 11) is 0. The molecule has 0 unspecified atom stereocenters. The number of halogens is 1. The van der Waals surface area contributed by atoms with Gasteiger partial charge in [0.1, 0.15) is 5.82 Å². The number of hydrogen-bond donors (Lipinski definition) is 1. The van der Waals surface area contributed by atoms with Crippen molar-refractivity contribution in [3.05, 3.63) is 35.1 Å². The molecular formula is C27H39FN2O2. The number of carbonyl (C=O) groups excluding carboxylic acids is 2. The van der Waals surface area contributed by atoms with Gasteiger partial charge in [-0.05, 0) is 79.4 Å². The maximum Gasteiger partial charge on any atom is 0.225 e. The van der Waals surface area contributed by atoms with Gasteiger partial charge in [-0.3, -0.25) is 9.59 Å². The first-order chi connectivity index (χ1) is 14.9. The lowest BCUT2D eigenvalue weighted by Crippen LogP contribution is -2.59. The maximum atomic E-state index is 14.6. The molecule has 0 radical (unpaired) electrons. The zero-order chi connectivity index (χ0) is 23.3. The number of benzene rings is 1. The first-order valence-electron chi connectivity index (χ1n) is 12.3. The van der Waals surface area contributed by atoms with Crippen molar-refractivity contribution >= 4 is 11.8 Å². The molecule has 3 aliphatic rings. The average Bonchev–Trinajstić information content (AvgIpc) is 2.69. The van der Waals surface area contributed by atoms with E-state index in [0.717, 1.165) is 57.2 Å². The van der Waals surface area contributed by atoms with Gasteiger partial charge in [-0.25, -0.2) is 4.39 Å². The molecule has 4 nitrogen and oxygen atoms in total. The van der Waals surface area contributed by atoms with Gasteiger partial charge < -0.3 is 10.2 Å². The van der Waals surface area contributed by atoms with E-state index in [2.05, 4.69) is 32.2 Å². The van der Waals surface area contributed by atoms with E-state index >= 15 is 0 Å². The predicted octanol–water partition coefficient (Wildman–Crippen LogP) is 5.30. The van der Waals surface area contributed by atoms with Crippen LogP contribution in [0.5, 0.6) is 0 Å². The molecule has 1 heterocycles. The number of amides is 2. The minimum atomic E-state index is -0.225. The van der Waals surface area contributed by atoms with Crippen LogP contribution < -0.4 is 5.32 Å². The molecule has 176 valence electrons. The molecular weight excluding hydrogens is 403 g/mol. The summed E-state index contributed by atoms with van der Waals surface area (Å²) in [5, 5.41) is 3.06. The van der Waals surface area contributed by atoms with Crippen molar-refractivity contribution in [1.82, 2.24) is 10.2 Å². The maximum absolute atomic E-state index is 14.6. The summed E-state index contributed by atoms with van der Waals surface area (Å²) in [6.07, 6.45) is 6.07. The largest absolute Gasteiger partial charge is 0.351 e. The Bertz CT molecular complexity index is 881. The number of likely N-dealkylation sites (tertiary alicyclic amines) is 1. The van der Waals surface area contributed by atoms with E-state index in [4.69, 9.17) is 0 Å². The summed E-state index contributed by atoms with van der Waals surface area (Å²) < 4.78 is 14.6. The molecule has 2 saturated carbocycles. The van der Waals surface area contributed by atoms with Crippen LogP contribution in [0.4, 0.5) is 4.39 Å². The number of carbonyl (C=O) groups is 2. The number of rotatable bonds is 4. The van der Waals surface area contributed by atoms with Crippen LogP contribution in [0, 0.1) is 17.2 Å². The number of piperidine rings is 1. The normalized spacial score (nSPS) is 27.6. The van der Waals surface area contributed by atoms with Crippen LogP contribution in [-0.4, -0.2) is 35.3 Å². The van der Waals surface area contributed by atoms with E-state index in [1.54, 1.807) is 6.07 Å². The zero-order valence-corrected chi connectivity index (χ0v) is 20.4. The summed E-state index contributed by atoms with van der Waals surface area (Å²) >= 11 is 0. The Morgan fingerprint density at radius 1 is 1.12 bits per heavy atom. The Morgan fingerprint density at radius 2 is 1.75 bits per heavy atom. The average molecular weight is 443 g/mol. The molecule has 0 atom stereocenters. The summed E-state index contributed by atoms with van der Waals surface area (Å²) in [5.74, 6) is 0.572. The van der Waals surface area contributed by atoms with Gasteiger partial charge in [-0.15, -0.1) is 0 Å². The molecule has 1 spiro atoms. The van der Waals surface area contributed by atoms with E-state index < -0.39 is 0 Å². The molecule has 1 aromatic carbocycles. The fourth-order valence-electron chi connectivity index (χ4n) is 6.13. The van der Waals surface area contributed by atoms with Crippen LogP contribution >= 0.6 is 0 Å². The van der Waals surface area contributed by atoms with E-state index in [1.807, 2.05) is 24.8 Å². The SMILES string of the molecule is CCC(=O)N[C@]1(C)C[C@H](C(=O)N2CCC3(CC2)CC(c2cc(C(C)(C)C)ccc2F)C3)C1. The summed E-state index contributed by atoms with van der Waals surface area (Å²) in [6.45, 7) is 12.0. The standard InChI is InChI=1S/C27H39FN2O2/c1-6-23(31)29-26(5)14-19(15-26)24(32)30-11-9-27(10-12-30)16-18(17-27)21-13-20(25(2,3)4)7-8-22(21)28/h7-8,13,18-19H,6,9-12,14-17H2,1-5H3,(H,29,31)/t19-,26+. The van der Waals surface area contributed by atoms with Gasteiger partial charge in [0.2, 0.25) is 11.8 Å². The van der Waals surface area contributed by atoms with Crippen molar-refractivity contribution in [1.29, 1.82) is 0 Å². The molecule has 1 saturated heterocycles. The van der Waals surface area contributed by atoms with Gasteiger partial charge in [0.25, 0.3) is 0 Å².